The van der Waals surface area contributed by atoms with E-state index >= 15 is 0 Å². The Morgan fingerprint density at radius 3 is 2.53 bits per heavy atom. The number of halogens is 2. The molecular formula is C13H13F2NO. The van der Waals surface area contributed by atoms with Crippen LogP contribution in [-0.4, -0.2) is 11.6 Å². The summed E-state index contributed by atoms with van der Waals surface area (Å²) in [4.78, 5) is 3.85. The Hall–Kier alpha value is -1.71. The van der Waals surface area contributed by atoms with Gasteiger partial charge in [0.1, 0.15) is 0 Å². The summed E-state index contributed by atoms with van der Waals surface area (Å²) in [5.41, 5.74) is 1.10. The summed E-state index contributed by atoms with van der Waals surface area (Å²) in [6.07, 6.45) is 1.49. The predicted molar refractivity (Wildman–Crippen MR) is 62.5 cm³/mol. The molecule has 0 unspecified atom stereocenters. The van der Waals surface area contributed by atoms with Crippen molar-refractivity contribution < 1.29 is 13.5 Å². The zero-order chi connectivity index (χ0) is 12.4. The van der Waals surface area contributed by atoms with E-state index in [1.54, 1.807) is 6.07 Å². The number of aromatic nitrogens is 1. The van der Waals surface area contributed by atoms with E-state index in [-0.39, 0.29) is 5.88 Å². The molecule has 90 valence electrons. The van der Waals surface area contributed by atoms with Crippen LogP contribution in [0.5, 0.6) is 5.88 Å². The molecule has 0 aliphatic carbocycles. The molecule has 0 radical (unpaired) electrons. The van der Waals surface area contributed by atoms with Crippen molar-refractivity contribution in [3.05, 3.63) is 36.0 Å². The van der Waals surface area contributed by atoms with E-state index < -0.39 is 6.61 Å². The van der Waals surface area contributed by atoms with Crippen LogP contribution in [0, 0.1) is 0 Å². The van der Waals surface area contributed by atoms with Crippen LogP contribution in [0.15, 0.2) is 30.5 Å². The average molecular weight is 237 g/mol. The molecule has 0 aliphatic rings. The van der Waals surface area contributed by atoms with Crippen LogP contribution in [0.2, 0.25) is 0 Å². The van der Waals surface area contributed by atoms with Crippen molar-refractivity contribution in [1.29, 1.82) is 0 Å². The molecule has 0 atom stereocenters. The number of hydrogen-bond donors (Lipinski definition) is 0. The van der Waals surface area contributed by atoms with Gasteiger partial charge in [0.05, 0.1) is 0 Å². The van der Waals surface area contributed by atoms with Gasteiger partial charge in [-0.15, -0.1) is 0 Å². The molecule has 17 heavy (non-hydrogen) atoms. The van der Waals surface area contributed by atoms with Crippen molar-refractivity contribution in [3.8, 4) is 5.88 Å². The molecule has 0 fully saturated rings. The van der Waals surface area contributed by atoms with E-state index in [0.717, 1.165) is 10.9 Å². The number of ether oxygens (including phenoxy) is 1. The Kier molecular flexibility index (Phi) is 3.22. The molecule has 2 nitrogen and oxygen atoms in total. The summed E-state index contributed by atoms with van der Waals surface area (Å²) >= 11 is 0. The van der Waals surface area contributed by atoms with Crippen LogP contribution in [0.1, 0.15) is 25.3 Å². The van der Waals surface area contributed by atoms with Gasteiger partial charge < -0.3 is 4.74 Å². The second kappa shape index (κ2) is 4.65. The summed E-state index contributed by atoms with van der Waals surface area (Å²) in [7, 11) is 0. The smallest absolute Gasteiger partial charge is 0.388 e. The van der Waals surface area contributed by atoms with Gasteiger partial charge in [-0.25, -0.2) is 4.98 Å². The highest BCUT2D eigenvalue weighted by Crippen LogP contribution is 2.30. The lowest BCUT2D eigenvalue weighted by Gasteiger charge is -2.12. The molecule has 0 saturated carbocycles. The normalized spacial score (nSPS) is 11.4. The Bertz CT molecular complexity index is 526. The zero-order valence-corrected chi connectivity index (χ0v) is 9.65. The van der Waals surface area contributed by atoms with E-state index in [1.165, 1.54) is 6.20 Å². The zero-order valence-electron chi connectivity index (χ0n) is 9.65. The van der Waals surface area contributed by atoms with Gasteiger partial charge in [0.2, 0.25) is 5.88 Å². The molecule has 1 aromatic heterocycles. The van der Waals surface area contributed by atoms with Gasteiger partial charge in [-0.1, -0.05) is 26.0 Å². The lowest BCUT2D eigenvalue weighted by atomic mass is 9.97. The van der Waals surface area contributed by atoms with Gasteiger partial charge in [0, 0.05) is 11.6 Å². The number of pyridine rings is 1. The molecule has 0 spiro atoms. The van der Waals surface area contributed by atoms with Crippen molar-refractivity contribution in [1.82, 2.24) is 4.98 Å². The van der Waals surface area contributed by atoms with Crippen LogP contribution in [0.25, 0.3) is 10.8 Å². The molecule has 1 heterocycles. The number of benzene rings is 1. The van der Waals surface area contributed by atoms with Crippen molar-refractivity contribution in [2.45, 2.75) is 26.4 Å². The maximum Gasteiger partial charge on any atom is 0.388 e. The summed E-state index contributed by atoms with van der Waals surface area (Å²) in [5.74, 6) is 0.306. The van der Waals surface area contributed by atoms with Crippen LogP contribution in [-0.2, 0) is 0 Å². The fourth-order valence-corrected chi connectivity index (χ4v) is 1.89. The van der Waals surface area contributed by atoms with Crippen LogP contribution in [0.4, 0.5) is 8.78 Å². The molecular weight excluding hydrogens is 224 g/mol. The number of nitrogens with zero attached hydrogens (tertiary/aromatic N) is 1. The third-order valence-electron chi connectivity index (χ3n) is 2.63. The second-order valence-electron chi connectivity index (χ2n) is 4.09. The van der Waals surface area contributed by atoms with E-state index in [2.05, 4.69) is 23.6 Å². The standard InChI is InChI=1S/C13H13F2NO/c1-8(2)9-4-3-5-11-10(9)6-7-16-12(11)17-13(14)15/h3-8,13H,1-2H3. The minimum Gasteiger partial charge on any atom is -0.416 e. The third-order valence-corrected chi connectivity index (χ3v) is 2.63. The Morgan fingerprint density at radius 1 is 1.12 bits per heavy atom. The van der Waals surface area contributed by atoms with Crippen LogP contribution >= 0.6 is 0 Å². The SMILES string of the molecule is CC(C)c1cccc2c(OC(F)F)nccc12. The highest BCUT2D eigenvalue weighted by atomic mass is 19.3. The Labute approximate surface area is 98.2 Å². The van der Waals surface area contributed by atoms with Crippen LogP contribution in [0.3, 0.4) is 0 Å². The fraction of sp³-hybridized carbons (Fsp3) is 0.308. The minimum absolute atomic E-state index is 0.0139. The number of fused-ring (bicyclic) bond motifs is 1. The minimum atomic E-state index is -2.85. The monoisotopic (exact) mass is 237 g/mol. The Morgan fingerprint density at radius 2 is 1.88 bits per heavy atom. The highest BCUT2D eigenvalue weighted by molar-refractivity contribution is 5.89. The molecule has 0 bridgehead atoms. The molecule has 0 saturated heterocycles. The van der Waals surface area contributed by atoms with Crippen molar-refractivity contribution in [3.63, 3.8) is 0 Å². The van der Waals surface area contributed by atoms with Crippen molar-refractivity contribution in [2.75, 3.05) is 0 Å². The van der Waals surface area contributed by atoms with Gasteiger partial charge in [-0.2, -0.15) is 8.78 Å². The van der Waals surface area contributed by atoms with Gasteiger partial charge in [-0.05, 0) is 29.0 Å². The van der Waals surface area contributed by atoms with Gasteiger partial charge in [-0.3, -0.25) is 0 Å². The third kappa shape index (κ3) is 2.35. The Balaban J connectivity index is 2.61. The first-order valence-corrected chi connectivity index (χ1v) is 5.42. The average Bonchev–Trinajstić information content (AvgIpc) is 2.28. The number of alkyl halides is 2. The lowest BCUT2D eigenvalue weighted by Crippen LogP contribution is -2.04. The molecule has 1 aromatic carbocycles. The highest BCUT2D eigenvalue weighted by Gasteiger charge is 2.12. The quantitative estimate of drug-likeness (QED) is 0.806. The fourth-order valence-electron chi connectivity index (χ4n) is 1.89. The van der Waals surface area contributed by atoms with E-state index in [9.17, 15) is 8.78 Å². The largest absolute Gasteiger partial charge is 0.416 e. The topological polar surface area (TPSA) is 22.1 Å². The summed E-state index contributed by atoms with van der Waals surface area (Å²) in [6.45, 7) is 1.27. The first kappa shape index (κ1) is 11.8. The number of rotatable bonds is 3. The number of hydrogen-bond acceptors (Lipinski definition) is 2. The predicted octanol–water partition coefficient (Wildman–Crippen LogP) is 3.96. The molecule has 0 N–H and O–H groups in total. The molecule has 0 amide bonds. The maximum absolute atomic E-state index is 12.2. The van der Waals surface area contributed by atoms with Gasteiger partial charge >= 0.3 is 6.61 Å². The van der Waals surface area contributed by atoms with Gasteiger partial charge in [0.25, 0.3) is 0 Å². The lowest BCUT2D eigenvalue weighted by molar-refractivity contribution is -0.0517. The van der Waals surface area contributed by atoms with E-state index in [1.807, 2.05) is 18.2 Å². The molecule has 2 rings (SSSR count). The van der Waals surface area contributed by atoms with Crippen molar-refractivity contribution in [2.24, 2.45) is 0 Å². The first-order valence-electron chi connectivity index (χ1n) is 5.42. The summed E-state index contributed by atoms with van der Waals surface area (Å²) < 4.78 is 28.9. The first-order chi connectivity index (χ1) is 8.09. The van der Waals surface area contributed by atoms with Crippen LogP contribution < -0.4 is 4.74 Å². The van der Waals surface area contributed by atoms with Gasteiger partial charge in [0.15, 0.2) is 0 Å². The molecule has 0 aliphatic heterocycles. The van der Waals surface area contributed by atoms with E-state index in [4.69, 9.17) is 0 Å². The van der Waals surface area contributed by atoms with Crippen molar-refractivity contribution >= 4 is 10.8 Å². The second-order valence-corrected chi connectivity index (χ2v) is 4.09. The summed E-state index contributed by atoms with van der Waals surface area (Å²) in [5, 5.41) is 1.53. The summed E-state index contributed by atoms with van der Waals surface area (Å²) in [6, 6.07) is 7.38. The van der Waals surface area contributed by atoms with E-state index in [0.29, 0.717) is 11.3 Å². The maximum atomic E-state index is 12.2. The molecule has 4 heteroatoms. The molecule has 2 aromatic rings.